The average Bonchev–Trinajstić information content (AvgIpc) is 3.58. The van der Waals surface area contributed by atoms with Gasteiger partial charge in [0.1, 0.15) is 73.9 Å². The lowest BCUT2D eigenvalue weighted by Gasteiger charge is -2.28. The Balaban J connectivity index is 1.41. The van der Waals surface area contributed by atoms with Gasteiger partial charge in [-0.15, -0.1) is 21.9 Å². The van der Waals surface area contributed by atoms with E-state index in [2.05, 4.69) is 184 Å². The van der Waals surface area contributed by atoms with Crippen molar-refractivity contribution in [1.82, 2.24) is 0 Å². The molecule has 1 heterocycles. The molecule has 0 bridgehead atoms. The fourth-order valence-electron chi connectivity index (χ4n) is 9.09. The van der Waals surface area contributed by atoms with Gasteiger partial charge < -0.3 is 4.42 Å². The molecule has 0 radical (unpaired) electrons. The van der Waals surface area contributed by atoms with Crippen LogP contribution in [-0.2, 0) is 0 Å². The van der Waals surface area contributed by atoms with Crippen LogP contribution in [0.25, 0.3) is 88.0 Å². The van der Waals surface area contributed by atoms with Crippen molar-refractivity contribution in [2.75, 3.05) is 0 Å². The number of furan rings is 1. The van der Waals surface area contributed by atoms with Crippen LogP contribution in [0.2, 0.25) is 0 Å². The summed E-state index contributed by atoms with van der Waals surface area (Å²) in [5.74, 6) is 0. The number of hydrogen-bond donors (Lipinski definition) is 0. The molecule has 0 aliphatic carbocycles. The number of benzene rings is 8. The minimum absolute atomic E-state index is 0.910. The maximum atomic E-state index is 6.43. The number of para-hydroxylation sites is 1. The Morgan fingerprint density at radius 3 is 1.17 bits per heavy atom. The molecule has 242 valence electrons. The Morgan fingerprint density at radius 1 is 0.283 bits per heavy atom. The van der Waals surface area contributed by atoms with Gasteiger partial charge in [0, 0.05) is 16.3 Å². The van der Waals surface area contributed by atoms with Crippen LogP contribution >= 0.6 is 0 Å². The second kappa shape index (κ2) is 12.6. The summed E-state index contributed by atoms with van der Waals surface area (Å²) in [5, 5.41) is 7.77. The van der Waals surface area contributed by atoms with Crippen LogP contribution in [0.15, 0.2) is 126 Å². The second-order valence-electron chi connectivity index (χ2n) is 15.0. The monoisotopic (exact) mass is 668 g/mol. The minimum Gasteiger partial charge on any atom is -0.456 e. The highest BCUT2D eigenvalue weighted by Crippen LogP contribution is 2.45. The first-order chi connectivity index (χ1) is 25.7. The molecule has 1 aromatic heterocycles. The van der Waals surface area contributed by atoms with E-state index >= 15 is 0 Å². The predicted molar refractivity (Wildman–Crippen MR) is 256 cm³/mol. The summed E-state index contributed by atoms with van der Waals surface area (Å²) >= 11 is 0. The van der Waals surface area contributed by atoms with Gasteiger partial charge in [-0.1, -0.05) is 131 Å². The van der Waals surface area contributed by atoms with Crippen LogP contribution in [0.3, 0.4) is 0 Å². The van der Waals surface area contributed by atoms with E-state index < -0.39 is 0 Å². The van der Waals surface area contributed by atoms with Gasteiger partial charge in [0.2, 0.25) is 0 Å². The average molecular weight is 667 g/mol. The van der Waals surface area contributed by atoms with Gasteiger partial charge in [-0.25, -0.2) is 0 Å². The van der Waals surface area contributed by atoms with E-state index in [1.54, 1.807) is 0 Å². The van der Waals surface area contributed by atoms with Crippen molar-refractivity contribution in [3.8, 4) is 44.5 Å². The van der Waals surface area contributed by atoms with Crippen molar-refractivity contribution < 1.29 is 4.42 Å². The van der Waals surface area contributed by atoms with E-state index in [4.69, 9.17) is 4.42 Å². The van der Waals surface area contributed by atoms with Gasteiger partial charge >= 0.3 is 0 Å². The first-order valence-corrected chi connectivity index (χ1v) is 18.8. The standard InChI is InChI=1S/C44H36B8O/c45-37-33-30(22-11-5-2-6-12-22)34-36(40(48)44(52)42(50)38(34)46)31(35(33)39(47)43(51)41(37)49)24-17-15-23(16-18-24)29-25(21-9-3-1-4-10-21)19-20-28-32(29)26-13-7-8-14-27(26)53-28/h1-20H,45-52H2. The van der Waals surface area contributed by atoms with Crippen LogP contribution in [0.5, 0.6) is 0 Å². The third-order valence-electron chi connectivity index (χ3n) is 12.5. The van der Waals surface area contributed by atoms with E-state index in [9.17, 15) is 0 Å². The maximum Gasteiger partial charge on any atom is 0.139 e. The van der Waals surface area contributed by atoms with Gasteiger partial charge in [-0.2, -0.15) is 0 Å². The fraction of sp³-hybridized carbons (Fsp3) is 0. The summed E-state index contributed by atoms with van der Waals surface area (Å²) in [4.78, 5) is 0. The van der Waals surface area contributed by atoms with E-state index in [1.807, 2.05) is 0 Å². The molecule has 0 unspecified atom stereocenters. The first-order valence-electron chi connectivity index (χ1n) is 18.8. The molecule has 9 aromatic rings. The van der Waals surface area contributed by atoms with Crippen LogP contribution < -0.4 is 43.7 Å². The molecule has 0 fully saturated rings. The molecule has 0 atom stereocenters. The van der Waals surface area contributed by atoms with Gasteiger partial charge in [0.25, 0.3) is 0 Å². The molecule has 0 saturated heterocycles. The van der Waals surface area contributed by atoms with Crippen molar-refractivity contribution in [3.63, 3.8) is 0 Å². The van der Waals surface area contributed by atoms with Gasteiger partial charge in [0.15, 0.2) is 0 Å². The molecule has 0 aliphatic heterocycles. The zero-order valence-corrected chi connectivity index (χ0v) is 32.0. The highest BCUT2D eigenvalue weighted by molar-refractivity contribution is 6.71. The summed E-state index contributed by atoms with van der Waals surface area (Å²) in [6.45, 7) is 0. The number of rotatable bonds is 4. The van der Waals surface area contributed by atoms with E-state index in [1.165, 1.54) is 110 Å². The van der Waals surface area contributed by atoms with Crippen molar-refractivity contribution in [2.24, 2.45) is 0 Å². The molecule has 9 heteroatoms. The Morgan fingerprint density at radius 2 is 0.679 bits per heavy atom. The van der Waals surface area contributed by atoms with Crippen LogP contribution in [0.1, 0.15) is 0 Å². The summed E-state index contributed by atoms with van der Waals surface area (Å²) < 4.78 is 6.43. The number of fused-ring (bicyclic) bond motifs is 5. The summed E-state index contributed by atoms with van der Waals surface area (Å²) in [6, 6.07) is 44.0. The van der Waals surface area contributed by atoms with Gasteiger partial charge in [-0.3, -0.25) is 0 Å². The molecule has 0 aliphatic rings. The molecule has 9 rings (SSSR count). The van der Waals surface area contributed by atoms with Gasteiger partial charge in [0.05, 0.1) is 0 Å². The zero-order chi connectivity index (χ0) is 36.7. The normalized spacial score (nSPS) is 11.6. The van der Waals surface area contributed by atoms with Crippen LogP contribution in [-0.4, -0.2) is 62.8 Å². The molecular formula is C44H36B8O. The lowest BCUT2D eigenvalue weighted by Crippen LogP contribution is -2.50. The fourth-order valence-corrected chi connectivity index (χ4v) is 9.09. The number of hydrogen-bond acceptors (Lipinski definition) is 1. The lowest BCUT2D eigenvalue weighted by molar-refractivity contribution is 0.669. The van der Waals surface area contributed by atoms with Crippen LogP contribution in [0.4, 0.5) is 0 Å². The zero-order valence-electron chi connectivity index (χ0n) is 32.0. The molecule has 0 amide bonds. The topological polar surface area (TPSA) is 13.1 Å². The third kappa shape index (κ3) is 4.97. The molecule has 0 N–H and O–H groups in total. The summed E-state index contributed by atoms with van der Waals surface area (Å²) in [7, 11) is 18.5. The van der Waals surface area contributed by atoms with Crippen molar-refractivity contribution in [2.45, 2.75) is 0 Å². The van der Waals surface area contributed by atoms with Gasteiger partial charge in [-0.05, 0) is 72.6 Å². The summed E-state index contributed by atoms with van der Waals surface area (Å²) in [5.41, 5.74) is 22.7. The summed E-state index contributed by atoms with van der Waals surface area (Å²) in [6.07, 6.45) is 0. The molecule has 0 saturated carbocycles. The minimum atomic E-state index is 0.910. The van der Waals surface area contributed by atoms with Crippen molar-refractivity contribution in [3.05, 3.63) is 121 Å². The maximum absolute atomic E-state index is 6.43. The largest absolute Gasteiger partial charge is 0.456 e. The second-order valence-corrected chi connectivity index (χ2v) is 15.0. The SMILES string of the molecule is Bc1c(B)c(B)c2c(-c3ccc(-c4c(-c5ccccc5)ccc5oc6ccccc6c45)cc3)c3c(B)c(B)c(B)c(B)c3c(-c3ccccc3)c2c1B. The Hall–Kier alpha value is -5.40. The molecule has 53 heavy (non-hydrogen) atoms. The molecule has 0 spiro atoms. The first kappa shape index (κ1) is 33.4. The van der Waals surface area contributed by atoms with Crippen molar-refractivity contribution in [1.29, 1.82) is 0 Å². The Labute approximate surface area is 318 Å². The van der Waals surface area contributed by atoms with E-state index in [0.29, 0.717) is 0 Å². The van der Waals surface area contributed by atoms with E-state index in [-0.39, 0.29) is 0 Å². The molecular weight excluding hydrogens is 631 g/mol. The highest BCUT2D eigenvalue weighted by Gasteiger charge is 2.25. The lowest BCUT2D eigenvalue weighted by atomic mass is 9.59. The molecule has 8 aromatic carbocycles. The van der Waals surface area contributed by atoms with Crippen molar-refractivity contribution >= 4 is 150 Å². The Bertz CT molecular complexity index is 2870. The predicted octanol–water partition coefficient (Wildman–Crippen LogP) is -1.37. The molecule has 1 nitrogen and oxygen atoms in total. The smallest absolute Gasteiger partial charge is 0.139 e. The van der Waals surface area contributed by atoms with Crippen LogP contribution in [0, 0.1) is 0 Å². The third-order valence-corrected chi connectivity index (χ3v) is 12.5. The Kier molecular flexibility index (Phi) is 7.97. The highest BCUT2D eigenvalue weighted by atomic mass is 16.3. The van der Waals surface area contributed by atoms with E-state index in [0.717, 1.165) is 21.9 Å². The quantitative estimate of drug-likeness (QED) is 0.167.